The zero-order chi connectivity index (χ0) is 13.8. The summed E-state index contributed by atoms with van der Waals surface area (Å²) in [5.74, 6) is 0.815. The Bertz CT molecular complexity index is 549. The molecule has 2 aromatic rings. The van der Waals surface area contributed by atoms with Crippen LogP contribution in [0.15, 0.2) is 30.3 Å². The van der Waals surface area contributed by atoms with Crippen molar-refractivity contribution in [3.63, 3.8) is 0 Å². The topological polar surface area (TPSA) is 47.3 Å². The molecule has 4 nitrogen and oxygen atoms in total. The van der Waals surface area contributed by atoms with Gasteiger partial charge in [-0.05, 0) is 38.5 Å². The minimum absolute atomic E-state index is 0.267. The first kappa shape index (κ1) is 13.6. The number of rotatable bonds is 5. The maximum atomic E-state index is 10.0. The van der Waals surface area contributed by atoms with E-state index < -0.39 is 6.10 Å². The highest BCUT2D eigenvalue weighted by Crippen LogP contribution is 2.16. The Balaban J connectivity index is 1.90. The fourth-order valence-electron chi connectivity index (χ4n) is 2.02. The first-order valence-electron chi connectivity index (χ1n) is 6.44. The lowest BCUT2D eigenvalue weighted by atomic mass is 10.2. The normalized spacial score (nSPS) is 12.4. The van der Waals surface area contributed by atoms with Crippen LogP contribution in [0.3, 0.4) is 0 Å². The van der Waals surface area contributed by atoms with E-state index >= 15 is 0 Å². The first-order valence-corrected chi connectivity index (χ1v) is 6.44. The molecule has 19 heavy (non-hydrogen) atoms. The third-order valence-corrected chi connectivity index (χ3v) is 3.01. The molecule has 1 aromatic heterocycles. The monoisotopic (exact) mass is 260 g/mol. The summed E-state index contributed by atoms with van der Waals surface area (Å²) in [5, 5.41) is 14.3. The van der Waals surface area contributed by atoms with Crippen LogP contribution in [-0.2, 0) is 6.54 Å². The number of nitrogens with zero attached hydrogens (tertiary/aromatic N) is 2. The molecule has 0 aliphatic carbocycles. The van der Waals surface area contributed by atoms with Crippen LogP contribution >= 0.6 is 0 Å². The third-order valence-electron chi connectivity index (χ3n) is 3.01. The molecule has 0 aliphatic rings. The van der Waals surface area contributed by atoms with Gasteiger partial charge < -0.3 is 9.84 Å². The van der Waals surface area contributed by atoms with Crippen LogP contribution in [0.25, 0.3) is 0 Å². The maximum Gasteiger partial charge on any atom is 0.122 e. The van der Waals surface area contributed by atoms with Gasteiger partial charge in [-0.15, -0.1) is 0 Å². The first-order chi connectivity index (χ1) is 9.06. The summed E-state index contributed by atoms with van der Waals surface area (Å²) in [6.45, 7) is 6.63. The van der Waals surface area contributed by atoms with Crippen molar-refractivity contribution in [2.24, 2.45) is 0 Å². The predicted octanol–water partition coefficient (Wildman–Crippen LogP) is 2.25. The molecule has 0 fully saturated rings. The second-order valence-corrected chi connectivity index (χ2v) is 4.84. The summed E-state index contributed by atoms with van der Waals surface area (Å²) in [7, 11) is 0. The highest BCUT2D eigenvalue weighted by Gasteiger charge is 2.10. The largest absolute Gasteiger partial charge is 0.491 e. The Morgan fingerprint density at radius 3 is 2.63 bits per heavy atom. The van der Waals surface area contributed by atoms with Gasteiger partial charge in [0.05, 0.1) is 12.2 Å². The fraction of sp³-hybridized carbons (Fsp3) is 0.400. The minimum Gasteiger partial charge on any atom is -0.491 e. The Kier molecular flexibility index (Phi) is 4.22. The summed E-state index contributed by atoms with van der Waals surface area (Å²) in [6, 6.07) is 9.78. The van der Waals surface area contributed by atoms with Gasteiger partial charge in [0.1, 0.15) is 18.5 Å². The van der Waals surface area contributed by atoms with Gasteiger partial charge in [0.15, 0.2) is 0 Å². The highest BCUT2D eigenvalue weighted by atomic mass is 16.5. The van der Waals surface area contributed by atoms with E-state index in [0.29, 0.717) is 6.54 Å². The summed E-state index contributed by atoms with van der Waals surface area (Å²) in [5.41, 5.74) is 3.08. The molecule has 0 radical (unpaired) electrons. The van der Waals surface area contributed by atoms with E-state index in [1.165, 1.54) is 0 Å². The van der Waals surface area contributed by atoms with Crippen molar-refractivity contribution >= 4 is 0 Å². The summed E-state index contributed by atoms with van der Waals surface area (Å²) in [6.07, 6.45) is -0.572. The van der Waals surface area contributed by atoms with E-state index in [9.17, 15) is 5.11 Å². The fourth-order valence-corrected chi connectivity index (χ4v) is 2.02. The van der Waals surface area contributed by atoms with Crippen molar-refractivity contribution in [3.05, 3.63) is 47.3 Å². The molecule has 1 atom stereocenters. The summed E-state index contributed by atoms with van der Waals surface area (Å²) >= 11 is 0. The Labute approximate surface area is 113 Å². The number of aromatic nitrogens is 2. The van der Waals surface area contributed by atoms with Crippen LogP contribution in [0, 0.1) is 20.8 Å². The SMILES string of the molecule is Cc1cc(C)n(C[C@@H](O)COc2ccccc2C)n1. The second kappa shape index (κ2) is 5.89. The molecule has 102 valence electrons. The molecule has 1 heterocycles. The van der Waals surface area contributed by atoms with Crippen LogP contribution in [0.5, 0.6) is 5.75 Å². The van der Waals surface area contributed by atoms with Gasteiger partial charge >= 0.3 is 0 Å². The molecular formula is C15H20N2O2. The zero-order valence-electron chi connectivity index (χ0n) is 11.6. The molecule has 0 spiro atoms. The standard InChI is InChI=1S/C15H20N2O2/c1-11-6-4-5-7-15(11)19-10-14(18)9-17-13(3)8-12(2)16-17/h4-8,14,18H,9-10H2,1-3H3/t14-/m1/s1. The molecular weight excluding hydrogens is 240 g/mol. The molecule has 0 saturated carbocycles. The van der Waals surface area contributed by atoms with Gasteiger partial charge in [0.2, 0.25) is 0 Å². The van der Waals surface area contributed by atoms with Crippen molar-refractivity contribution in [2.45, 2.75) is 33.4 Å². The van der Waals surface area contributed by atoms with Gasteiger partial charge in [0.25, 0.3) is 0 Å². The molecule has 1 aromatic carbocycles. The Morgan fingerprint density at radius 1 is 1.26 bits per heavy atom. The van der Waals surface area contributed by atoms with E-state index in [-0.39, 0.29) is 6.61 Å². The number of hydrogen-bond acceptors (Lipinski definition) is 3. The smallest absolute Gasteiger partial charge is 0.122 e. The molecule has 0 bridgehead atoms. The predicted molar refractivity (Wildman–Crippen MR) is 74.4 cm³/mol. The van der Waals surface area contributed by atoms with E-state index in [4.69, 9.17) is 4.74 Å². The number of aliphatic hydroxyl groups excluding tert-OH is 1. The van der Waals surface area contributed by atoms with Crippen LogP contribution in [0.1, 0.15) is 17.0 Å². The number of aliphatic hydroxyl groups is 1. The second-order valence-electron chi connectivity index (χ2n) is 4.84. The van der Waals surface area contributed by atoms with Gasteiger partial charge in [-0.3, -0.25) is 4.68 Å². The molecule has 4 heteroatoms. The average Bonchev–Trinajstić information content (AvgIpc) is 2.67. The highest BCUT2D eigenvalue weighted by molar-refractivity contribution is 5.31. The van der Waals surface area contributed by atoms with E-state index in [2.05, 4.69) is 5.10 Å². The van der Waals surface area contributed by atoms with Crippen LogP contribution < -0.4 is 4.74 Å². The summed E-state index contributed by atoms with van der Waals surface area (Å²) in [4.78, 5) is 0. The Morgan fingerprint density at radius 2 is 2.00 bits per heavy atom. The van der Waals surface area contributed by atoms with Gasteiger partial charge in [-0.2, -0.15) is 5.10 Å². The maximum absolute atomic E-state index is 10.0. The van der Waals surface area contributed by atoms with Gasteiger partial charge in [0, 0.05) is 5.69 Å². The van der Waals surface area contributed by atoms with Crippen molar-refractivity contribution in [1.29, 1.82) is 0 Å². The number of hydrogen-bond donors (Lipinski definition) is 1. The van der Waals surface area contributed by atoms with Crippen molar-refractivity contribution in [3.8, 4) is 5.75 Å². The molecule has 2 rings (SSSR count). The molecule has 0 saturated heterocycles. The lowest BCUT2D eigenvalue weighted by Gasteiger charge is -2.14. The lowest BCUT2D eigenvalue weighted by molar-refractivity contribution is 0.0884. The average molecular weight is 260 g/mol. The Hall–Kier alpha value is -1.81. The minimum atomic E-state index is -0.572. The lowest BCUT2D eigenvalue weighted by Crippen LogP contribution is -2.25. The number of aryl methyl sites for hydroxylation is 3. The third kappa shape index (κ3) is 3.58. The molecule has 0 unspecified atom stereocenters. The van der Waals surface area contributed by atoms with Crippen molar-refractivity contribution < 1.29 is 9.84 Å². The quantitative estimate of drug-likeness (QED) is 0.897. The molecule has 0 aliphatic heterocycles. The number of benzene rings is 1. The van der Waals surface area contributed by atoms with E-state index in [0.717, 1.165) is 22.7 Å². The van der Waals surface area contributed by atoms with Crippen molar-refractivity contribution in [2.75, 3.05) is 6.61 Å². The van der Waals surface area contributed by atoms with Gasteiger partial charge in [-0.25, -0.2) is 0 Å². The summed E-state index contributed by atoms with van der Waals surface area (Å²) < 4.78 is 7.43. The number of para-hydroxylation sites is 1. The molecule has 0 amide bonds. The van der Waals surface area contributed by atoms with Crippen LogP contribution in [0.4, 0.5) is 0 Å². The zero-order valence-corrected chi connectivity index (χ0v) is 11.6. The van der Waals surface area contributed by atoms with Gasteiger partial charge in [-0.1, -0.05) is 18.2 Å². The van der Waals surface area contributed by atoms with Crippen molar-refractivity contribution in [1.82, 2.24) is 9.78 Å². The molecule has 1 N–H and O–H groups in total. The van der Waals surface area contributed by atoms with Crippen LogP contribution in [-0.4, -0.2) is 27.6 Å². The van der Waals surface area contributed by atoms with Crippen LogP contribution in [0.2, 0.25) is 0 Å². The van der Waals surface area contributed by atoms with E-state index in [1.54, 1.807) is 4.68 Å². The van der Waals surface area contributed by atoms with E-state index in [1.807, 2.05) is 51.1 Å². The number of ether oxygens (including phenoxy) is 1.